The molecular weight excluding hydrogens is 243 g/mol. The van der Waals surface area contributed by atoms with Gasteiger partial charge in [-0.05, 0) is 23.3 Å². The first-order valence-corrected chi connectivity index (χ1v) is 5.85. The number of aliphatic hydroxyl groups excluding tert-OH is 1. The Morgan fingerprint density at radius 3 is 2.63 bits per heavy atom. The molecule has 0 aromatic heterocycles. The van der Waals surface area contributed by atoms with E-state index in [1.54, 1.807) is 12.1 Å². The fourth-order valence-electron chi connectivity index (χ4n) is 1.82. The molecule has 0 bridgehead atoms. The number of rotatable bonds is 4. The lowest BCUT2D eigenvalue weighted by Gasteiger charge is -2.09. The van der Waals surface area contributed by atoms with Gasteiger partial charge in [0, 0.05) is 6.54 Å². The van der Waals surface area contributed by atoms with Crippen molar-refractivity contribution in [3.05, 3.63) is 65.0 Å². The van der Waals surface area contributed by atoms with Crippen LogP contribution in [0.25, 0.3) is 0 Å². The quantitative estimate of drug-likeness (QED) is 0.884. The average Bonchev–Trinajstić information content (AvgIpc) is 2.45. The molecule has 0 atom stereocenters. The van der Waals surface area contributed by atoms with Crippen LogP contribution in [0.2, 0.25) is 0 Å². The minimum atomic E-state index is -0.531. The van der Waals surface area contributed by atoms with Crippen LogP contribution >= 0.6 is 0 Å². The normalized spacial score (nSPS) is 9.95. The van der Waals surface area contributed by atoms with E-state index >= 15 is 0 Å². The van der Waals surface area contributed by atoms with E-state index in [0.29, 0.717) is 12.2 Å². The molecule has 0 aliphatic heterocycles. The number of hydrogen-bond donors (Lipinski definition) is 2. The van der Waals surface area contributed by atoms with Crippen LogP contribution in [0.4, 0.5) is 10.1 Å². The summed E-state index contributed by atoms with van der Waals surface area (Å²) < 4.78 is 13.4. The van der Waals surface area contributed by atoms with Crippen LogP contribution in [-0.2, 0) is 13.2 Å². The highest BCUT2D eigenvalue weighted by Crippen LogP contribution is 2.18. The smallest absolute Gasteiger partial charge is 0.143 e. The second kappa shape index (κ2) is 5.98. The van der Waals surface area contributed by atoms with E-state index in [1.807, 2.05) is 30.3 Å². The molecule has 2 aromatic rings. The summed E-state index contributed by atoms with van der Waals surface area (Å²) >= 11 is 0. The Labute approximate surface area is 110 Å². The number of aliphatic hydroxyl groups is 1. The number of halogens is 1. The van der Waals surface area contributed by atoms with E-state index in [1.165, 1.54) is 6.07 Å². The van der Waals surface area contributed by atoms with Gasteiger partial charge in [-0.1, -0.05) is 30.3 Å². The van der Waals surface area contributed by atoms with Gasteiger partial charge in [0.25, 0.3) is 0 Å². The van der Waals surface area contributed by atoms with Crippen LogP contribution in [-0.4, -0.2) is 5.11 Å². The van der Waals surface area contributed by atoms with Crippen molar-refractivity contribution in [2.75, 3.05) is 5.32 Å². The molecule has 0 spiro atoms. The number of nitrogens with one attached hydrogen (secondary N) is 1. The van der Waals surface area contributed by atoms with Crippen LogP contribution < -0.4 is 5.32 Å². The third kappa shape index (κ3) is 3.09. The maximum atomic E-state index is 13.4. The van der Waals surface area contributed by atoms with Gasteiger partial charge in [0.05, 0.1) is 12.3 Å². The van der Waals surface area contributed by atoms with Crippen molar-refractivity contribution in [2.24, 2.45) is 0 Å². The first-order valence-electron chi connectivity index (χ1n) is 5.85. The first kappa shape index (κ1) is 13.1. The molecular formula is C15H13FN2O. The minimum absolute atomic E-state index is 0.0146. The maximum Gasteiger partial charge on any atom is 0.143 e. The Bertz CT molecular complexity index is 620. The van der Waals surface area contributed by atoms with E-state index in [2.05, 4.69) is 5.32 Å². The lowest BCUT2D eigenvalue weighted by Crippen LogP contribution is -2.03. The molecule has 0 saturated carbocycles. The van der Waals surface area contributed by atoms with Gasteiger partial charge in [0.2, 0.25) is 0 Å². The molecule has 0 fully saturated rings. The second-order valence-electron chi connectivity index (χ2n) is 4.11. The van der Waals surface area contributed by atoms with Crippen molar-refractivity contribution >= 4 is 5.69 Å². The van der Waals surface area contributed by atoms with Crippen molar-refractivity contribution in [3.63, 3.8) is 0 Å². The van der Waals surface area contributed by atoms with E-state index in [-0.39, 0.29) is 12.2 Å². The molecule has 19 heavy (non-hydrogen) atoms. The monoisotopic (exact) mass is 256 g/mol. The molecule has 0 heterocycles. The van der Waals surface area contributed by atoms with Crippen LogP contribution in [0.5, 0.6) is 0 Å². The van der Waals surface area contributed by atoms with Crippen molar-refractivity contribution in [2.45, 2.75) is 13.2 Å². The van der Waals surface area contributed by atoms with Crippen LogP contribution in [0, 0.1) is 17.1 Å². The van der Waals surface area contributed by atoms with E-state index in [9.17, 15) is 4.39 Å². The molecule has 3 nitrogen and oxygen atoms in total. The number of nitriles is 1. The Balaban J connectivity index is 2.15. The van der Waals surface area contributed by atoms with Gasteiger partial charge in [0.15, 0.2) is 0 Å². The fourth-order valence-corrected chi connectivity index (χ4v) is 1.82. The molecule has 0 amide bonds. The summed E-state index contributed by atoms with van der Waals surface area (Å²) in [6.45, 7) is 0.448. The predicted molar refractivity (Wildman–Crippen MR) is 70.8 cm³/mol. The summed E-state index contributed by atoms with van der Waals surface area (Å²) in [5, 5.41) is 21.0. The van der Waals surface area contributed by atoms with E-state index in [4.69, 9.17) is 10.4 Å². The molecule has 4 heteroatoms. The zero-order valence-corrected chi connectivity index (χ0v) is 10.2. The minimum Gasteiger partial charge on any atom is -0.392 e. The lowest BCUT2D eigenvalue weighted by molar-refractivity contribution is 0.281. The van der Waals surface area contributed by atoms with Gasteiger partial charge in [-0.25, -0.2) is 4.39 Å². The summed E-state index contributed by atoms with van der Waals surface area (Å²) in [5.74, 6) is -0.531. The Morgan fingerprint density at radius 2 is 1.89 bits per heavy atom. The summed E-state index contributed by atoms with van der Waals surface area (Å²) in [6, 6.07) is 13.8. The highest BCUT2D eigenvalue weighted by molar-refractivity contribution is 5.58. The Hall–Kier alpha value is -2.38. The number of anilines is 1. The number of benzene rings is 2. The molecule has 2 N–H and O–H groups in total. The molecule has 0 radical (unpaired) electrons. The lowest BCUT2D eigenvalue weighted by atomic mass is 10.1. The zero-order chi connectivity index (χ0) is 13.7. The van der Waals surface area contributed by atoms with Gasteiger partial charge in [-0.2, -0.15) is 5.26 Å². The largest absolute Gasteiger partial charge is 0.392 e. The first-order chi connectivity index (χ1) is 9.24. The summed E-state index contributed by atoms with van der Waals surface area (Å²) in [5.41, 5.74) is 2.26. The van der Waals surface area contributed by atoms with Crippen LogP contribution in [0.1, 0.15) is 16.7 Å². The molecule has 0 aliphatic carbocycles. The zero-order valence-electron chi connectivity index (χ0n) is 10.2. The SMILES string of the molecule is N#Cc1c(F)cccc1NCc1cccc(CO)c1. The Morgan fingerprint density at radius 1 is 1.16 bits per heavy atom. The van der Waals surface area contributed by atoms with Crippen LogP contribution in [0.3, 0.4) is 0 Å². The third-order valence-corrected chi connectivity index (χ3v) is 2.78. The van der Waals surface area contributed by atoms with Crippen LogP contribution in [0.15, 0.2) is 42.5 Å². The fraction of sp³-hybridized carbons (Fsp3) is 0.133. The molecule has 0 aliphatic rings. The summed E-state index contributed by atoms with van der Waals surface area (Å²) in [7, 11) is 0. The van der Waals surface area contributed by atoms with Gasteiger partial charge < -0.3 is 10.4 Å². The number of hydrogen-bond acceptors (Lipinski definition) is 3. The number of nitrogens with zero attached hydrogens (tertiary/aromatic N) is 1. The standard InChI is InChI=1S/C15H13FN2O/c16-14-5-2-6-15(13(14)8-17)18-9-11-3-1-4-12(7-11)10-19/h1-7,18-19H,9-10H2. The topological polar surface area (TPSA) is 56.0 Å². The molecule has 2 aromatic carbocycles. The summed E-state index contributed by atoms with van der Waals surface area (Å²) in [6.07, 6.45) is 0. The van der Waals surface area contributed by atoms with E-state index < -0.39 is 5.82 Å². The third-order valence-electron chi connectivity index (χ3n) is 2.78. The summed E-state index contributed by atoms with van der Waals surface area (Å²) in [4.78, 5) is 0. The highest BCUT2D eigenvalue weighted by atomic mass is 19.1. The van der Waals surface area contributed by atoms with E-state index in [0.717, 1.165) is 11.1 Å². The maximum absolute atomic E-state index is 13.4. The van der Waals surface area contributed by atoms with Crippen molar-refractivity contribution in [3.8, 4) is 6.07 Å². The van der Waals surface area contributed by atoms with Gasteiger partial charge >= 0.3 is 0 Å². The molecule has 0 unspecified atom stereocenters. The van der Waals surface area contributed by atoms with Crippen molar-refractivity contribution < 1.29 is 9.50 Å². The predicted octanol–water partition coefficient (Wildman–Crippen LogP) is 2.80. The highest BCUT2D eigenvalue weighted by Gasteiger charge is 2.07. The van der Waals surface area contributed by atoms with Crippen molar-refractivity contribution in [1.82, 2.24) is 0 Å². The van der Waals surface area contributed by atoms with Gasteiger partial charge in [-0.15, -0.1) is 0 Å². The Kier molecular flexibility index (Phi) is 4.11. The molecule has 0 saturated heterocycles. The molecule has 2 rings (SSSR count). The van der Waals surface area contributed by atoms with Gasteiger partial charge in [-0.3, -0.25) is 0 Å². The van der Waals surface area contributed by atoms with Gasteiger partial charge in [0.1, 0.15) is 17.4 Å². The average molecular weight is 256 g/mol. The second-order valence-corrected chi connectivity index (χ2v) is 4.11. The van der Waals surface area contributed by atoms with Crippen molar-refractivity contribution in [1.29, 1.82) is 5.26 Å². The molecule has 96 valence electrons.